The van der Waals surface area contributed by atoms with Gasteiger partial charge in [0.1, 0.15) is 18.3 Å². The lowest BCUT2D eigenvalue weighted by molar-refractivity contribution is -0.174. The lowest BCUT2D eigenvalue weighted by Crippen LogP contribution is -2.56. The summed E-state index contributed by atoms with van der Waals surface area (Å²) >= 11 is 0. The summed E-state index contributed by atoms with van der Waals surface area (Å²) < 4.78 is 59.3. The number of nitrogens with one attached hydrogen (secondary N) is 1. The Morgan fingerprint density at radius 3 is 1.62 bits per heavy atom. The molecule has 1 amide bonds. The monoisotopic (exact) mass is 735 g/mol. The van der Waals surface area contributed by atoms with Gasteiger partial charge in [-0.1, -0.05) is 139 Å². The van der Waals surface area contributed by atoms with E-state index in [-0.39, 0.29) is 50.3 Å². The second-order valence-corrected chi connectivity index (χ2v) is 14.7. The highest BCUT2D eigenvalue weighted by Gasteiger charge is 2.46. The molecule has 1 saturated heterocycles. The van der Waals surface area contributed by atoms with Gasteiger partial charge in [0.2, 0.25) is 5.91 Å². The van der Waals surface area contributed by atoms with Gasteiger partial charge in [0, 0.05) is 0 Å². The van der Waals surface area contributed by atoms with Crippen LogP contribution in [0, 0.1) is 6.92 Å². The molecule has 5 atom stereocenters. The second-order valence-electron chi connectivity index (χ2n) is 13.0. The third-order valence-corrected chi connectivity index (χ3v) is 10.3. The molecule has 0 spiro atoms. The van der Waals surface area contributed by atoms with Crippen molar-refractivity contribution in [3.8, 4) is 0 Å². The molecule has 5 aromatic carbocycles. The normalized spacial score (nSPS) is 17.6. The Kier molecular flexibility index (Phi) is 13.6. The molecule has 1 N–H and O–H groups in total. The van der Waals surface area contributed by atoms with Crippen LogP contribution in [0.3, 0.4) is 0 Å². The molecule has 0 unspecified atom stereocenters. The van der Waals surface area contributed by atoms with Gasteiger partial charge < -0.3 is 24.3 Å². The average molecular weight is 736 g/mol. The minimum atomic E-state index is -4.19. The molecule has 1 aliphatic heterocycles. The number of hydrogen-bond acceptors (Lipinski definition) is 8. The van der Waals surface area contributed by atoms with Crippen LogP contribution in [0.2, 0.25) is 0 Å². The van der Waals surface area contributed by atoms with E-state index in [1.807, 2.05) is 128 Å². The summed E-state index contributed by atoms with van der Waals surface area (Å²) in [4.78, 5) is 13.2. The Morgan fingerprint density at radius 2 is 1.09 bits per heavy atom. The molecule has 0 radical (unpaired) electrons. The van der Waals surface area contributed by atoms with E-state index in [1.54, 1.807) is 12.1 Å². The fourth-order valence-electron chi connectivity index (χ4n) is 6.18. The van der Waals surface area contributed by atoms with Crippen molar-refractivity contribution in [1.29, 1.82) is 0 Å². The molecular weight excluding hydrogens is 691 g/mol. The maximum Gasteiger partial charge on any atom is 0.297 e. The number of hydrogen-bond donors (Lipinski definition) is 1. The Balaban J connectivity index is 1.36. The largest absolute Gasteiger partial charge is 0.371 e. The van der Waals surface area contributed by atoms with Gasteiger partial charge in [-0.25, -0.2) is 0 Å². The summed E-state index contributed by atoms with van der Waals surface area (Å²) in [6, 6.07) is 44.4. The number of carbonyl (C=O) groups is 1. The van der Waals surface area contributed by atoms with Crippen LogP contribution in [0.4, 0.5) is 0 Å². The van der Waals surface area contributed by atoms with E-state index < -0.39 is 40.6 Å². The fraction of sp³-hybridized carbons (Fsp3) is 0.279. The van der Waals surface area contributed by atoms with Gasteiger partial charge in [0.05, 0.1) is 56.5 Å². The van der Waals surface area contributed by atoms with Crippen LogP contribution in [-0.2, 0) is 64.5 Å². The molecule has 0 aromatic heterocycles. The molecule has 0 aliphatic carbocycles. The molecular formula is C43H45NO8S. The maximum absolute atomic E-state index is 13.5. The van der Waals surface area contributed by atoms with Gasteiger partial charge in [-0.05, 0) is 41.3 Å². The predicted octanol–water partition coefficient (Wildman–Crippen LogP) is 6.93. The number of carbonyl (C=O) groups excluding carboxylic acids is 1. The number of benzene rings is 5. The van der Waals surface area contributed by atoms with Crippen LogP contribution in [-0.4, -0.2) is 51.4 Å². The van der Waals surface area contributed by atoms with E-state index in [1.165, 1.54) is 12.1 Å². The second kappa shape index (κ2) is 18.9. The van der Waals surface area contributed by atoms with Crippen molar-refractivity contribution in [1.82, 2.24) is 5.32 Å². The molecule has 10 heteroatoms. The van der Waals surface area contributed by atoms with Crippen molar-refractivity contribution in [2.24, 2.45) is 0 Å². The number of amides is 1. The summed E-state index contributed by atoms with van der Waals surface area (Å²) in [7, 11) is -4.19. The Morgan fingerprint density at radius 1 is 0.623 bits per heavy atom. The maximum atomic E-state index is 13.5. The minimum absolute atomic E-state index is 0.0287. The third-order valence-electron chi connectivity index (χ3n) is 9.04. The highest BCUT2D eigenvalue weighted by Crippen LogP contribution is 2.28. The van der Waals surface area contributed by atoms with Gasteiger partial charge in [0.15, 0.2) is 0 Å². The average Bonchev–Trinajstić information content (AvgIpc) is 3.57. The first kappa shape index (κ1) is 38.1. The van der Waals surface area contributed by atoms with Crippen molar-refractivity contribution in [2.75, 3.05) is 6.61 Å². The first-order chi connectivity index (χ1) is 25.8. The third kappa shape index (κ3) is 11.2. The number of ether oxygens (including phenoxy) is 4. The minimum Gasteiger partial charge on any atom is -0.371 e. The number of rotatable bonds is 19. The van der Waals surface area contributed by atoms with Crippen LogP contribution < -0.4 is 5.32 Å². The van der Waals surface area contributed by atoms with Crippen molar-refractivity contribution in [2.45, 2.75) is 75.1 Å². The SMILES string of the molecule is Cc1ccc(S(=O)(=O)OC[C@H](OCc2ccccc2)[C@@H](OCc2ccccc2)[C@H](OCc2ccccc2)[C@@H]2NC(=O)C[C@H]2OCc2ccccc2)cc1. The summed E-state index contributed by atoms with van der Waals surface area (Å²) in [5.74, 6) is -0.192. The van der Waals surface area contributed by atoms with Gasteiger partial charge in [-0.3, -0.25) is 8.98 Å². The Labute approximate surface area is 312 Å². The Hall–Kier alpha value is -4.68. The zero-order valence-electron chi connectivity index (χ0n) is 29.7. The van der Waals surface area contributed by atoms with Crippen LogP contribution in [0.5, 0.6) is 0 Å². The van der Waals surface area contributed by atoms with E-state index >= 15 is 0 Å². The van der Waals surface area contributed by atoms with Gasteiger partial charge in [-0.15, -0.1) is 0 Å². The quantitative estimate of drug-likeness (QED) is 0.0911. The van der Waals surface area contributed by atoms with E-state index in [2.05, 4.69) is 5.32 Å². The van der Waals surface area contributed by atoms with E-state index in [4.69, 9.17) is 23.1 Å². The zero-order valence-corrected chi connectivity index (χ0v) is 30.5. The van der Waals surface area contributed by atoms with Crippen molar-refractivity contribution in [3.05, 3.63) is 173 Å². The summed E-state index contributed by atoms with van der Waals surface area (Å²) in [5.41, 5.74) is 4.55. The molecule has 1 heterocycles. The summed E-state index contributed by atoms with van der Waals surface area (Å²) in [6.45, 7) is 2.26. The van der Waals surface area contributed by atoms with Crippen LogP contribution in [0.25, 0.3) is 0 Å². The molecule has 0 saturated carbocycles. The first-order valence-electron chi connectivity index (χ1n) is 17.7. The lowest BCUT2D eigenvalue weighted by atomic mass is 9.96. The smallest absolute Gasteiger partial charge is 0.297 e. The fourth-order valence-corrected chi connectivity index (χ4v) is 7.09. The van der Waals surface area contributed by atoms with Crippen molar-refractivity contribution >= 4 is 16.0 Å². The van der Waals surface area contributed by atoms with Crippen molar-refractivity contribution < 1.29 is 36.3 Å². The van der Waals surface area contributed by atoms with Crippen LogP contribution in [0.15, 0.2) is 150 Å². The van der Waals surface area contributed by atoms with Gasteiger partial charge >= 0.3 is 0 Å². The van der Waals surface area contributed by atoms with Gasteiger partial charge in [-0.2, -0.15) is 8.42 Å². The van der Waals surface area contributed by atoms with Crippen molar-refractivity contribution in [3.63, 3.8) is 0 Å². The van der Waals surface area contributed by atoms with Crippen LogP contribution in [0.1, 0.15) is 34.2 Å². The van der Waals surface area contributed by atoms with Crippen LogP contribution >= 0.6 is 0 Å². The van der Waals surface area contributed by atoms with E-state index in [9.17, 15) is 13.2 Å². The Bertz CT molecular complexity index is 1950. The molecule has 1 fully saturated rings. The number of aryl methyl sites for hydroxylation is 1. The molecule has 9 nitrogen and oxygen atoms in total. The predicted molar refractivity (Wildman–Crippen MR) is 201 cm³/mol. The van der Waals surface area contributed by atoms with E-state index in [0.29, 0.717) is 0 Å². The topological polar surface area (TPSA) is 109 Å². The molecule has 0 bridgehead atoms. The molecule has 276 valence electrons. The van der Waals surface area contributed by atoms with E-state index in [0.717, 1.165) is 27.8 Å². The standard InChI is InChI=1S/C43H45NO8S/c1-32-22-24-37(25-23-32)53(46,47)52-31-39(49-28-34-16-8-3-9-17-34)42(50-29-35-18-10-4-11-19-35)43(51-30-36-20-12-5-13-21-36)41-38(26-40(45)44-41)48-27-33-14-6-2-7-15-33/h2-25,38-39,41-43H,26-31H2,1H3,(H,44,45)/t38-,39+,41-,42-,43-/m1/s1. The summed E-state index contributed by atoms with van der Waals surface area (Å²) in [5, 5.41) is 3.10. The highest BCUT2D eigenvalue weighted by molar-refractivity contribution is 7.86. The molecule has 53 heavy (non-hydrogen) atoms. The molecule has 6 rings (SSSR count). The first-order valence-corrected chi connectivity index (χ1v) is 19.1. The lowest BCUT2D eigenvalue weighted by Gasteiger charge is -2.38. The zero-order chi connectivity index (χ0) is 36.9. The summed E-state index contributed by atoms with van der Waals surface area (Å²) in [6.07, 6.45) is -3.26. The van der Waals surface area contributed by atoms with Gasteiger partial charge in [0.25, 0.3) is 10.1 Å². The molecule has 5 aromatic rings. The molecule has 1 aliphatic rings. The highest BCUT2D eigenvalue weighted by atomic mass is 32.2.